The lowest BCUT2D eigenvalue weighted by Crippen LogP contribution is -2.19. The number of hydrogen-bond donors (Lipinski definition) is 2. The first kappa shape index (κ1) is 16.1. The first-order chi connectivity index (χ1) is 8.80. The average Bonchev–Trinajstić information content (AvgIpc) is 2.31. The molecule has 19 heavy (non-hydrogen) atoms. The number of rotatable bonds is 7. The monoisotopic (exact) mass is 322 g/mol. The van der Waals surface area contributed by atoms with Crippen molar-refractivity contribution in [1.29, 1.82) is 0 Å². The molecule has 0 spiro atoms. The number of carbonyl (C=O) groups excluding carboxylic acids is 1. The molecule has 0 radical (unpaired) electrons. The van der Waals surface area contributed by atoms with Crippen LogP contribution in [0.3, 0.4) is 0 Å². The predicted molar refractivity (Wildman–Crippen MR) is 79.1 cm³/mol. The highest BCUT2D eigenvalue weighted by atomic mass is 35.5. The molecule has 106 valence electrons. The fourth-order valence-electron chi connectivity index (χ4n) is 1.27. The van der Waals surface area contributed by atoms with Crippen molar-refractivity contribution >= 4 is 44.8 Å². The number of nitrogen functional groups attached to an aromatic ring is 1. The van der Waals surface area contributed by atoms with Crippen molar-refractivity contribution in [2.75, 3.05) is 23.0 Å². The van der Waals surface area contributed by atoms with Crippen LogP contribution in [0.15, 0.2) is 23.1 Å². The van der Waals surface area contributed by atoms with E-state index >= 15 is 0 Å². The Hall–Kier alpha value is -0.920. The number of sulfone groups is 1. The molecule has 0 atom stereocenters. The van der Waals surface area contributed by atoms with Gasteiger partial charge in [-0.2, -0.15) is 0 Å². The van der Waals surface area contributed by atoms with Crippen LogP contribution in [0, 0.1) is 0 Å². The highest BCUT2D eigenvalue weighted by Gasteiger charge is 2.13. The van der Waals surface area contributed by atoms with E-state index in [1.54, 1.807) is 18.2 Å². The Morgan fingerprint density at radius 1 is 1.32 bits per heavy atom. The number of nitrogens with two attached hydrogens (primary N) is 2. The molecule has 0 aliphatic carbocycles. The fourth-order valence-corrected chi connectivity index (χ4v) is 4.26. The molecule has 0 heterocycles. The van der Waals surface area contributed by atoms with Crippen molar-refractivity contribution < 1.29 is 13.2 Å². The average molecular weight is 323 g/mol. The van der Waals surface area contributed by atoms with Gasteiger partial charge in [-0.1, -0.05) is 11.6 Å². The predicted octanol–water partition coefficient (Wildman–Crippen LogP) is 1.30. The van der Waals surface area contributed by atoms with Gasteiger partial charge in [0.2, 0.25) is 5.91 Å². The van der Waals surface area contributed by atoms with Gasteiger partial charge in [-0.25, -0.2) is 8.42 Å². The highest BCUT2D eigenvalue weighted by molar-refractivity contribution is 8.00. The molecule has 0 unspecified atom stereocenters. The van der Waals surface area contributed by atoms with E-state index in [0.29, 0.717) is 16.5 Å². The van der Waals surface area contributed by atoms with Gasteiger partial charge in [0.05, 0.1) is 16.5 Å². The summed E-state index contributed by atoms with van der Waals surface area (Å²) in [6, 6.07) is 5.04. The molecule has 1 aromatic rings. The van der Waals surface area contributed by atoms with Crippen LogP contribution in [0.2, 0.25) is 5.02 Å². The number of benzene rings is 1. The minimum Gasteiger partial charge on any atom is -0.399 e. The molecule has 0 bridgehead atoms. The molecule has 0 aliphatic heterocycles. The third-order valence-corrected chi connectivity index (χ3v) is 5.68. The third kappa shape index (κ3) is 6.17. The van der Waals surface area contributed by atoms with Crippen LogP contribution < -0.4 is 11.5 Å². The number of carbonyl (C=O) groups is 1. The van der Waals surface area contributed by atoms with Gasteiger partial charge >= 0.3 is 0 Å². The van der Waals surface area contributed by atoms with E-state index in [4.69, 9.17) is 23.1 Å². The van der Waals surface area contributed by atoms with Gasteiger partial charge in [0.1, 0.15) is 0 Å². The largest absolute Gasteiger partial charge is 0.399 e. The summed E-state index contributed by atoms with van der Waals surface area (Å²) < 4.78 is 23.2. The second-order valence-electron chi connectivity index (χ2n) is 3.91. The second-order valence-corrected chi connectivity index (χ2v) is 7.75. The lowest BCUT2D eigenvalue weighted by molar-refractivity contribution is -0.117. The van der Waals surface area contributed by atoms with Crippen LogP contribution in [0.1, 0.15) is 6.42 Å². The number of anilines is 1. The van der Waals surface area contributed by atoms with E-state index in [9.17, 15) is 13.2 Å². The van der Waals surface area contributed by atoms with Crippen LogP contribution in [0.25, 0.3) is 0 Å². The summed E-state index contributed by atoms with van der Waals surface area (Å²) in [7, 11) is -3.27. The van der Waals surface area contributed by atoms with Gasteiger partial charge < -0.3 is 11.5 Å². The minimum absolute atomic E-state index is 0.0317. The maximum absolute atomic E-state index is 11.6. The van der Waals surface area contributed by atoms with Crippen LogP contribution in [0.4, 0.5) is 5.69 Å². The van der Waals surface area contributed by atoms with Gasteiger partial charge in [0.25, 0.3) is 0 Å². The van der Waals surface area contributed by atoms with Gasteiger partial charge in [0.15, 0.2) is 9.84 Å². The molecule has 5 nitrogen and oxygen atoms in total. The number of amides is 1. The van der Waals surface area contributed by atoms with Gasteiger partial charge in [-0.15, -0.1) is 11.8 Å². The number of hydrogen-bond acceptors (Lipinski definition) is 5. The Kier molecular flexibility index (Phi) is 5.96. The Morgan fingerprint density at radius 2 is 2.00 bits per heavy atom. The molecule has 1 aromatic carbocycles. The Labute approximate surface area is 121 Å². The van der Waals surface area contributed by atoms with Crippen molar-refractivity contribution in [3.05, 3.63) is 23.2 Å². The molecule has 0 fully saturated rings. The van der Waals surface area contributed by atoms with Gasteiger partial charge in [0, 0.05) is 22.8 Å². The maximum atomic E-state index is 11.6. The van der Waals surface area contributed by atoms with E-state index in [2.05, 4.69) is 0 Å². The van der Waals surface area contributed by atoms with Crippen molar-refractivity contribution in [2.45, 2.75) is 11.3 Å². The van der Waals surface area contributed by atoms with Gasteiger partial charge in [-0.05, 0) is 18.2 Å². The van der Waals surface area contributed by atoms with E-state index in [-0.39, 0.29) is 17.9 Å². The summed E-state index contributed by atoms with van der Waals surface area (Å²) in [6.07, 6.45) is -0.147. The van der Waals surface area contributed by atoms with Gasteiger partial charge in [-0.3, -0.25) is 4.79 Å². The lowest BCUT2D eigenvalue weighted by Gasteiger charge is -2.06. The van der Waals surface area contributed by atoms with E-state index < -0.39 is 15.7 Å². The zero-order chi connectivity index (χ0) is 14.5. The van der Waals surface area contributed by atoms with E-state index in [0.717, 1.165) is 4.90 Å². The molecule has 1 rings (SSSR count). The molecular weight excluding hydrogens is 308 g/mol. The van der Waals surface area contributed by atoms with E-state index in [1.165, 1.54) is 11.8 Å². The Balaban J connectivity index is 2.49. The summed E-state index contributed by atoms with van der Waals surface area (Å²) in [5.74, 6) is -0.511. The number of primary amides is 1. The minimum atomic E-state index is -3.27. The molecule has 8 heteroatoms. The maximum Gasteiger partial charge on any atom is 0.218 e. The topological polar surface area (TPSA) is 103 Å². The summed E-state index contributed by atoms with van der Waals surface area (Å²) in [5, 5.41) is 0.536. The Bertz CT molecular complexity index is 561. The smallest absolute Gasteiger partial charge is 0.218 e. The lowest BCUT2D eigenvalue weighted by atomic mass is 10.3. The van der Waals surface area contributed by atoms with Crippen molar-refractivity contribution in [2.24, 2.45) is 5.73 Å². The normalized spacial score (nSPS) is 11.4. The van der Waals surface area contributed by atoms with Crippen molar-refractivity contribution in [1.82, 2.24) is 0 Å². The molecular formula is C11H15ClN2O3S2. The zero-order valence-electron chi connectivity index (χ0n) is 10.1. The van der Waals surface area contributed by atoms with Crippen LogP contribution in [-0.2, 0) is 14.6 Å². The summed E-state index contributed by atoms with van der Waals surface area (Å²) in [4.78, 5) is 11.3. The summed E-state index contributed by atoms with van der Waals surface area (Å²) >= 11 is 7.28. The SMILES string of the molecule is NC(=O)CCS(=O)(=O)CCSc1cc(N)ccc1Cl. The van der Waals surface area contributed by atoms with Crippen LogP contribution in [0.5, 0.6) is 0 Å². The zero-order valence-corrected chi connectivity index (χ0v) is 12.5. The highest BCUT2D eigenvalue weighted by Crippen LogP contribution is 2.29. The molecule has 0 saturated heterocycles. The standard InChI is InChI=1S/C11H15ClN2O3S2/c12-9-2-1-8(13)7-10(9)18-4-6-19(16,17)5-3-11(14)15/h1-2,7H,3-6,13H2,(H2,14,15). The Morgan fingerprint density at radius 3 is 2.63 bits per heavy atom. The van der Waals surface area contributed by atoms with Crippen molar-refractivity contribution in [3.63, 3.8) is 0 Å². The van der Waals surface area contributed by atoms with Crippen LogP contribution >= 0.6 is 23.4 Å². The summed E-state index contributed by atoms with van der Waals surface area (Å²) in [5.41, 5.74) is 11.1. The van der Waals surface area contributed by atoms with E-state index in [1.807, 2.05) is 0 Å². The first-order valence-electron chi connectivity index (χ1n) is 5.47. The van der Waals surface area contributed by atoms with Crippen LogP contribution in [-0.4, -0.2) is 31.6 Å². The molecule has 0 aromatic heterocycles. The number of thioether (sulfide) groups is 1. The molecule has 4 N–H and O–H groups in total. The first-order valence-corrected chi connectivity index (χ1v) is 8.65. The molecule has 0 aliphatic rings. The quantitative estimate of drug-likeness (QED) is 0.582. The third-order valence-electron chi connectivity index (χ3n) is 2.27. The fraction of sp³-hybridized carbons (Fsp3) is 0.364. The van der Waals surface area contributed by atoms with Crippen molar-refractivity contribution in [3.8, 4) is 0 Å². The molecule has 1 amide bonds. The number of halogens is 1. The summed E-state index contributed by atoms with van der Waals surface area (Å²) in [6.45, 7) is 0. The molecule has 0 saturated carbocycles. The second kappa shape index (κ2) is 7.02.